The first-order chi connectivity index (χ1) is 5.24. The van der Waals surface area contributed by atoms with Crippen molar-refractivity contribution in [2.45, 2.75) is 19.3 Å². The number of hydrogen-bond acceptors (Lipinski definition) is 0. The first-order valence-electron chi connectivity index (χ1n) is 3.93. The molecule has 1 rings (SSSR count). The second kappa shape index (κ2) is 5.88. The van der Waals surface area contributed by atoms with E-state index in [-0.39, 0.29) is 32.7 Å². The van der Waals surface area contributed by atoms with E-state index in [9.17, 15) is 0 Å². The number of rotatable bonds is 2. The van der Waals surface area contributed by atoms with E-state index in [1.807, 2.05) is 0 Å². The molecule has 0 aliphatic heterocycles. The van der Waals surface area contributed by atoms with E-state index >= 15 is 0 Å². The molecule has 0 N–H and O–H groups in total. The Morgan fingerprint density at radius 1 is 1.25 bits per heavy atom. The van der Waals surface area contributed by atoms with Crippen LogP contribution in [0.15, 0.2) is 24.3 Å². The average molecular weight is 235 g/mol. The van der Waals surface area contributed by atoms with Gasteiger partial charge in [0, 0.05) is 32.7 Å². The maximum absolute atomic E-state index is 3.99. The van der Waals surface area contributed by atoms with Gasteiger partial charge < -0.3 is 13.8 Å². The molecule has 0 spiro atoms. The number of aryl methyl sites for hydroxylation is 1. The van der Waals surface area contributed by atoms with Crippen LogP contribution in [0.5, 0.6) is 0 Å². The van der Waals surface area contributed by atoms with Crippen molar-refractivity contribution in [1.29, 1.82) is 0 Å². The van der Waals surface area contributed by atoms with Crippen LogP contribution in [0.4, 0.5) is 0 Å². The molecular formula is C11H14Y-2. The Morgan fingerprint density at radius 3 is 2.17 bits per heavy atom. The number of hydrogen-bond donors (Lipinski definition) is 0. The summed E-state index contributed by atoms with van der Waals surface area (Å²) in [6.07, 6.45) is 0.864. The van der Waals surface area contributed by atoms with Gasteiger partial charge in [-0.05, 0) is 6.92 Å². The van der Waals surface area contributed by atoms with Gasteiger partial charge in [-0.2, -0.15) is 5.92 Å². The van der Waals surface area contributed by atoms with Crippen molar-refractivity contribution in [3.05, 3.63) is 49.2 Å². The van der Waals surface area contributed by atoms with E-state index in [0.29, 0.717) is 5.92 Å². The van der Waals surface area contributed by atoms with Gasteiger partial charge >= 0.3 is 0 Å². The Bertz CT molecular complexity index is 213. The minimum Gasteiger partial charge on any atom is -0.345 e. The third-order valence-corrected chi connectivity index (χ3v) is 1.90. The van der Waals surface area contributed by atoms with Crippen LogP contribution in [-0.4, -0.2) is 0 Å². The van der Waals surface area contributed by atoms with E-state index in [1.54, 1.807) is 0 Å². The second-order valence-electron chi connectivity index (χ2n) is 2.90. The Morgan fingerprint density at radius 2 is 1.75 bits per heavy atom. The summed E-state index contributed by atoms with van der Waals surface area (Å²) in [5, 5.41) is 0. The Kier molecular flexibility index (Phi) is 6.04. The maximum Gasteiger partial charge on any atom is 0 e. The summed E-state index contributed by atoms with van der Waals surface area (Å²) in [6.45, 7) is 9.91. The third kappa shape index (κ3) is 3.37. The zero-order chi connectivity index (χ0) is 8.27. The van der Waals surface area contributed by atoms with Gasteiger partial charge in [-0.3, -0.25) is 0 Å². The van der Waals surface area contributed by atoms with E-state index in [1.165, 1.54) is 11.1 Å². The van der Waals surface area contributed by atoms with E-state index < -0.39 is 0 Å². The van der Waals surface area contributed by atoms with E-state index in [0.717, 1.165) is 6.42 Å². The molecule has 1 unspecified atom stereocenters. The summed E-state index contributed by atoms with van der Waals surface area (Å²) >= 11 is 0. The molecule has 1 atom stereocenters. The van der Waals surface area contributed by atoms with E-state index in [2.05, 4.69) is 45.0 Å². The van der Waals surface area contributed by atoms with Gasteiger partial charge in [0.25, 0.3) is 0 Å². The predicted octanol–water partition coefficient (Wildman–Crippen LogP) is 3.13. The minimum absolute atomic E-state index is 0. The van der Waals surface area contributed by atoms with Gasteiger partial charge in [-0.25, -0.2) is 6.42 Å². The van der Waals surface area contributed by atoms with Gasteiger partial charge in [-0.15, -0.1) is 0 Å². The van der Waals surface area contributed by atoms with Gasteiger partial charge in [0.15, 0.2) is 0 Å². The monoisotopic (exact) mass is 235 g/mol. The zero-order valence-electron chi connectivity index (χ0n) is 7.59. The van der Waals surface area contributed by atoms with Gasteiger partial charge in [0.1, 0.15) is 0 Å². The standard InChI is InChI=1S/C11H14.Y/c1-4-10(3)11-7-5-9(2)6-8-11;/h5-8,10H,1,3-4H2,2H3;/q-2;. The van der Waals surface area contributed by atoms with Crippen LogP contribution in [0.3, 0.4) is 0 Å². The molecule has 0 nitrogen and oxygen atoms in total. The van der Waals surface area contributed by atoms with Crippen molar-refractivity contribution in [2.24, 2.45) is 0 Å². The second-order valence-corrected chi connectivity index (χ2v) is 2.90. The molecule has 1 heteroatoms. The Balaban J connectivity index is 0.00000121. The van der Waals surface area contributed by atoms with Crippen molar-refractivity contribution < 1.29 is 32.7 Å². The van der Waals surface area contributed by atoms with Crippen LogP contribution >= 0.6 is 0 Å². The van der Waals surface area contributed by atoms with Crippen LogP contribution in [0.25, 0.3) is 0 Å². The minimum atomic E-state index is 0. The molecule has 12 heavy (non-hydrogen) atoms. The maximum atomic E-state index is 3.99. The molecular weight excluding hydrogens is 221 g/mol. The van der Waals surface area contributed by atoms with Crippen molar-refractivity contribution >= 4 is 0 Å². The van der Waals surface area contributed by atoms with Crippen molar-refractivity contribution in [2.75, 3.05) is 0 Å². The summed E-state index contributed by atoms with van der Waals surface area (Å²) in [4.78, 5) is 0. The molecule has 1 aromatic rings. The molecule has 0 aliphatic carbocycles. The molecule has 0 amide bonds. The van der Waals surface area contributed by atoms with Crippen molar-refractivity contribution in [3.63, 3.8) is 0 Å². The summed E-state index contributed by atoms with van der Waals surface area (Å²) in [7, 11) is 0. The molecule has 0 aliphatic rings. The SMILES string of the molecule is [CH2-]CC([CH2-])c1ccc(C)cc1.[Y]. The van der Waals surface area contributed by atoms with E-state index in [4.69, 9.17) is 0 Å². The number of benzene rings is 1. The van der Waals surface area contributed by atoms with Crippen LogP contribution in [0.1, 0.15) is 23.5 Å². The van der Waals surface area contributed by atoms with Crippen molar-refractivity contribution in [1.82, 2.24) is 0 Å². The zero-order valence-corrected chi connectivity index (χ0v) is 10.4. The normalized spacial score (nSPS) is 11.9. The smallest absolute Gasteiger partial charge is 0 e. The molecule has 0 saturated heterocycles. The largest absolute Gasteiger partial charge is 0.345 e. The van der Waals surface area contributed by atoms with Gasteiger partial charge in [0.2, 0.25) is 0 Å². The average Bonchev–Trinajstić information content (AvgIpc) is 2.05. The van der Waals surface area contributed by atoms with Gasteiger partial charge in [0.05, 0.1) is 0 Å². The molecule has 0 aromatic heterocycles. The summed E-state index contributed by atoms with van der Waals surface area (Å²) in [5.41, 5.74) is 2.58. The fraction of sp³-hybridized carbons (Fsp3) is 0.273. The summed E-state index contributed by atoms with van der Waals surface area (Å²) in [6, 6.07) is 8.47. The molecule has 0 fully saturated rings. The molecule has 63 valence electrons. The quantitative estimate of drug-likeness (QED) is 0.691. The van der Waals surface area contributed by atoms with Crippen molar-refractivity contribution in [3.8, 4) is 0 Å². The summed E-state index contributed by atoms with van der Waals surface area (Å²) < 4.78 is 0. The molecule has 0 heterocycles. The predicted molar refractivity (Wildman–Crippen MR) is 49.3 cm³/mol. The topological polar surface area (TPSA) is 0 Å². The first-order valence-corrected chi connectivity index (χ1v) is 3.93. The third-order valence-electron chi connectivity index (χ3n) is 1.90. The summed E-state index contributed by atoms with van der Waals surface area (Å²) in [5.74, 6) is 0.343. The van der Waals surface area contributed by atoms with Crippen LogP contribution in [0.2, 0.25) is 0 Å². The first kappa shape index (κ1) is 12.3. The molecule has 1 aromatic carbocycles. The Labute approximate surface area is 101 Å². The van der Waals surface area contributed by atoms with Crippen LogP contribution in [0, 0.1) is 20.8 Å². The molecule has 1 radical (unpaired) electrons. The molecule has 0 saturated carbocycles. The van der Waals surface area contributed by atoms with Gasteiger partial charge in [-0.1, -0.05) is 35.4 Å². The van der Waals surface area contributed by atoms with Crippen LogP contribution in [-0.2, 0) is 32.7 Å². The Hall–Kier alpha value is 0.324. The van der Waals surface area contributed by atoms with Crippen LogP contribution < -0.4 is 0 Å². The fourth-order valence-corrected chi connectivity index (χ4v) is 1.01. The fourth-order valence-electron chi connectivity index (χ4n) is 1.01. The molecule has 0 bridgehead atoms.